The average molecular weight is 363 g/mol. The Labute approximate surface area is 158 Å². The number of amides is 1. The summed E-state index contributed by atoms with van der Waals surface area (Å²) >= 11 is 0. The monoisotopic (exact) mass is 363 g/mol. The molecule has 0 spiro atoms. The Bertz CT molecular complexity index is 955. The predicted molar refractivity (Wildman–Crippen MR) is 106 cm³/mol. The third kappa shape index (κ3) is 4.03. The van der Waals surface area contributed by atoms with Crippen molar-refractivity contribution in [3.63, 3.8) is 0 Å². The van der Waals surface area contributed by atoms with Crippen LogP contribution in [0.2, 0.25) is 0 Å². The summed E-state index contributed by atoms with van der Waals surface area (Å²) in [6.07, 6.45) is 3.71. The first-order valence-corrected chi connectivity index (χ1v) is 9.60. The lowest BCUT2D eigenvalue weighted by Gasteiger charge is -2.26. The van der Waals surface area contributed by atoms with Crippen molar-refractivity contribution in [3.8, 4) is 0 Å². The van der Waals surface area contributed by atoms with E-state index in [2.05, 4.69) is 46.7 Å². The summed E-state index contributed by atoms with van der Waals surface area (Å²) in [4.78, 5) is 12.7. The van der Waals surface area contributed by atoms with Crippen LogP contribution in [0.4, 0.5) is 0 Å². The van der Waals surface area contributed by atoms with E-state index < -0.39 is 0 Å². The summed E-state index contributed by atoms with van der Waals surface area (Å²) in [6.45, 7) is 2.08. The maximum atomic E-state index is 12.7. The predicted octanol–water partition coefficient (Wildman–Crippen LogP) is 3.50. The highest BCUT2D eigenvalue weighted by Crippen LogP contribution is 2.22. The zero-order valence-corrected chi connectivity index (χ0v) is 15.5. The van der Waals surface area contributed by atoms with Gasteiger partial charge in [0, 0.05) is 29.1 Å². The molecule has 5 heteroatoms. The van der Waals surface area contributed by atoms with Gasteiger partial charge in [0.1, 0.15) is 0 Å². The van der Waals surface area contributed by atoms with Gasteiger partial charge in [-0.2, -0.15) is 5.10 Å². The molecule has 140 valence electrons. The van der Waals surface area contributed by atoms with E-state index in [0.717, 1.165) is 48.7 Å². The van der Waals surface area contributed by atoms with Crippen LogP contribution < -0.4 is 5.32 Å². The van der Waals surface area contributed by atoms with Crippen LogP contribution in [0.15, 0.2) is 42.5 Å². The van der Waals surface area contributed by atoms with E-state index in [1.807, 2.05) is 18.2 Å². The summed E-state index contributed by atoms with van der Waals surface area (Å²) in [7, 11) is 0. The summed E-state index contributed by atoms with van der Waals surface area (Å²) in [5.74, 6) is -0.0546. The lowest BCUT2D eigenvalue weighted by molar-refractivity contribution is 0.0868. The van der Waals surface area contributed by atoms with Crippen LogP contribution in [0.3, 0.4) is 0 Å². The quantitative estimate of drug-likeness (QED) is 0.664. The Morgan fingerprint density at radius 3 is 2.78 bits per heavy atom. The largest absolute Gasteiger partial charge is 0.393 e. The van der Waals surface area contributed by atoms with Crippen LogP contribution in [-0.2, 0) is 6.42 Å². The van der Waals surface area contributed by atoms with Crippen molar-refractivity contribution in [3.05, 3.63) is 64.8 Å². The Balaban J connectivity index is 1.53. The molecule has 0 unspecified atom stereocenters. The first-order chi connectivity index (χ1) is 13.1. The fourth-order valence-corrected chi connectivity index (χ4v) is 3.85. The highest BCUT2D eigenvalue weighted by atomic mass is 16.3. The van der Waals surface area contributed by atoms with E-state index in [1.54, 1.807) is 0 Å². The number of aliphatic hydroxyl groups is 1. The van der Waals surface area contributed by atoms with Crippen LogP contribution in [0, 0.1) is 6.92 Å². The highest BCUT2D eigenvalue weighted by molar-refractivity contribution is 5.98. The minimum Gasteiger partial charge on any atom is -0.393 e. The number of rotatable bonds is 4. The Morgan fingerprint density at radius 1 is 1.19 bits per heavy atom. The third-order valence-electron chi connectivity index (χ3n) is 5.39. The molecule has 4 rings (SSSR count). The van der Waals surface area contributed by atoms with Gasteiger partial charge in [-0.1, -0.05) is 29.8 Å². The Hall–Kier alpha value is -2.66. The molecule has 1 aliphatic carbocycles. The van der Waals surface area contributed by atoms with Crippen LogP contribution in [-0.4, -0.2) is 33.4 Å². The second-order valence-corrected chi connectivity index (χ2v) is 7.58. The van der Waals surface area contributed by atoms with Gasteiger partial charge in [-0.3, -0.25) is 9.89 Å². The molecular weight excluding hydrogens is 338 g/mol. The molecule has 1 heterocycles. The van der Waals surface area contributed by atoms with Crippen LogP contribution in [0.5, 0.6) is 0 Å². The standard InChI is InChI=1S/C22H25N3O2/c1-14-3-2-4-15(11-14)12-21-19-13-16(5-10-20(19)24-25-21)22(27)23-17-6-8-18(26)9-7-17/h2-5,10-11,13,17-18,26H,6-9,12H2,1H3,(H,23,27)(H,24,25). The zero-order valence-electron chi connectivity index (χ0n) is 15.5. The van der Waals surface area contributed by atoms with Crippen LogP contribution in [0.1, 0.15) is 52.9 Å². The molecule has 0 radical (unpaired) electrons. The van der Waals surface area contributed by atoms with Crippen molar-refractivity contribution in [2.75, 3.05) is 0 Å². The van der Waals surface area contributed by atoms with Crippen molar-refractivity contribution in [1.82, 2.24) is 15.5 Å². The third-order valence-corrected chi connectivity index (χ3v) is 5.39. The van der Waals surface area contributed by atoms with E-state index in [0.29, 0.717) is 5.56 Å². The highest BCUT2D eigenvalue weighted by Gasteiger charge is 2.21. The molecule has 0 saturated heterocycles. The maximum absolute atomic E-state index is 12.7. The number of benzene rings is 2. The fraction of sp³-hybridized carbons (Fsp3) is 0.364. The number of carbonyl (C=O) groups is 1. The number of aromatic nitrogens is 2. The van der Waals surface area contributed by atoms with Crippen molar-refractivity contribution >= 4 is 16.8 Å². The van der Waals surface area contributed by atoms with Gasteiger partial charge in [0.25, 0.3) is 5.91 Å². The van der Waals surface area contributed by atoms with Crippen molar-refractivity contribution in [2.45, 2.75) is 51.2 Å². The molecule has 0 bridgehead atoms. The fourth-order valence-electron chi connectivity index (χ4n) is 3.85. The van der Waals surface area contributed by atoms with Gasteiger partial charge in [0.05, 0.1) is 11.6 Å². The lowest BCUT2D eigenvalue weighted by Crippen LogP contribution is -2.38. The minimum atomic E-state index is -0.218. The molecule has 1 aliphatic rings. The van der Waals surface area contributed by atoms with Gasteiger partial charge in [0.2, 0.25) is 0 Å². The molecule has 2 aromatic carbocycles. The smallest absolute Gasteiger partial charge is 0.251 e. The topological polar surface area (TPSA) is 78.0 Å². The minimum absolute atomic E-state index is 0.0546. The molecule has 1 fully saturated rings. The summed E-state index contributed by atoms with van der Waals surface area (Å²) in [5, 5.41) is 21.2. The molecule has 3 aromatic rings. The Kier molecular flexibility index (Phi) is 4.94. The number of nitrogens with one attached hydrogen (secondary N) is 2. The van der Waals surface area contributed by atoms with Gasteiger partial charge >= 0.3 is 0 Å². The zero-order chi connectivity index (χ0) is 18.8. The number of hydrogen-bond donors (Lipinski definition) is 3. The molecule has 1 amide bonds. The summed E-state index contributed by atoms with van der Waals surface area (Å²) < 4.78 is 0. The second kappa shape index (κ2) is 7.53. The number of H-pyrrole nitrogens is 1. The SMILES string of the molecule is Cc1cccc(Cc2[nH]nc3ccc(C(=O)NC4CCC(O)CC4)cc23)c1. The van der Waals surface area contributed by atoms with E-state index >= 15 is 0 Å². The van der Waals surface area contributed by atoms with Gasteiger partial charge < -0.3 is 10.4 Å². The summed E-state index contributed by atoms with van der Waals surface area (Å²) in [5.41, 5.74) is 4.99. The molecular formula is C22H25N3O2. The maximum Gasteiger partial charge on any atom is 0.251 e. The number of aryl methyl sites for hydroxylation is 1. The van der Waals surface area contributed by atoms with E-state index in [1.165, 1.54) is 11.1 Å². The normalized spacial score (nSPS) is 19.9. The van der Waals surface area contributed by atoms with Crippen molar-refractivity contribution in [1.29, 1.82) is 0 Å². The first-order valence-electron chi connectivity index (χ1n) is 9.60. The number of fused-ring (bicyclic) bond motifs is 1. The van der Waals surface area contributed by atoms with Gasteiger partial charge in [-0.25, -0.2) is 0 Å². The number of aliphatic hydroxyl groups excluding tert-OH is 1. The van der Waals surface area contributed by atoms with Crippen LogP contribution >= 0.6 is 0 Å². The van der Waals surface area contributed by atoms with Crippen molar-refractivity contribution < 1.29 is 9.90 Å². The second-order valence-electron chi connectivity index (χ2n) is 7.58. The first kappa shape index (κ1) is 17.7. The van der Waals surface area contributed by atoms with Crippen LogP contribution in [0.25, 0.3) is 10.9 Å². The number of aromatic amines is 1. The molecule has 27 heavy (non-hydrogen) atoms. The molecule has 1 aromatic heterocycles. The number of nitrogens with zero attached hydrogens (tertiary/aromatic N) is 1. The number of carbonyl (C=O) groups excluding carboxylic acids is 1. The number of hydrogen-bond acceptors (Lipinski definition) is 3. The molecule has 0 atom stereocenters. The van der Waals surface area contributed by atoms with E-state index in [9.17, 15) is 9.90 Å². The Morgan fingerprint density at radius 2 is 2.00 bits per heavy atom. The molecule has 5 nitrogen and oxygen atoms in total. The average Bonchev–Trinajstić information content (AvgIpc) is 3.06. The van der Waals surface area contributed by atoms with Gasteiger partial charge in [-0.15, -0.1) is 0 Å². The molecule has 3 N–H and O–H groups in total. The van der Waals surface area contributed by atoms with Gasteiger partial charge in [0.15, 0.2) is 0 Å². The van der Waals surface area contributed by atoms with Gasteiger partial charge in [-0.05, 0) is 56.4 Å². The van der Waals surface area contributed by atoms with E-state index in [4.69, 9.17) is 0 Å². The lowest BCUT2D eigenvalue weighted by atomic mass is 9.93. The van der Waals surface area contributed by atoms with E-state index in [-0.39, 0.29) is 18.1 Å². The molecule has 0 aliphatic heterocycles. The molecule has 1 saturated carbocycles. The van der Waals surface area contributed by atoms with Crippen molar-refractivity contribution in [2.24, 2.45) is 0 Å². The summed E-state index contributed by atoms with van der Waals surface area (Å²) in [6, 6.07) is 14.2.